The summed E-state index contributed by atoms with van der Waals surface area (Å²) in [5, 5.41) is 0. The molecule has 1 heterocycles. The minimum Gasteiger partial charge on any atom is -0.497 e. The lowest BCUT2D eigenvalue weighted by atomic mass is 10.2. The van der Waals surface area contributed by atoms with Gasteiger partial charge >= 0.3 is 0 Å². The molecule has 2 aromatic rings. The predicted molar refractivity (Wildman–Crippen MR) is 124 cm³/mol. The fourth-order valence-corrected chi connectivity index (χ4v) is 6.58. The first-order valence-corrected chi connectivity index (χ1v) is 13.4. The number of hydrogen-bond acceptors (Lipinski definition) is 6. The summed E-state index contributed by atoms with van der Waals surface area (Å²) in [6, 6.07) is 10.1. The van der Waals surface area contributed by atoms with E-state index in [0.717, 1.165) is 5.56 Å². The van der Waals surface area contributed by atoms with Crippen LogP contribution in [0.25, 0.3) is 0 Å². The molecule has 1 N–H and O–H groups in total. The first-order valence-electron chi connectivity index (χ1n) is 10.5. The number of benzene rings is 2. The Labute approximate surface area is 195 Å². The molecular formula is C22H29N3O6S2. The second-order valence-electron chi connectivity index (χ2n) is 8.02. The number of sulfonamides is 2. The third kappa shape index (κ3) is 5.55. The van der Waals surface area contributed by atoms with Crippen molar-refractivity contribution >= 4 is 26.0 Å². The molecule has 2 aromatic carbocycles. The van der Waals surface area contributed by atoms with E-state index in [1.165, 1.54) is 47.5 Å². The molecule has 0 saturated carbocycles. The highest BCUT2D eigenvalue weighted by Gasteiger charge is 2.33. The minimum atomic E-state index is -3.91. The van der Waals surface area contributed by atoms with Gasteiger partial charge in [0.05, 0.1) is 22.9 Å². The highest BCUT2D eigenvalue weighted by molar-refractivity contribution is 7.89. The van der Waals surface area contributed by atoms with Gasteiger partial charge in [-0.1, -0.05) is 12.1 Å². The molecule has 0 aliphatic carbocycles. The summed E-state index contributed by atoms with van der Waals surface area (Å²) >= 11 is 0. The maximum absolute atomic E-state index is 13.1. The topological polar surface area (TPSA) is 113 Å². The van der Waals surface area contributed by atoms with Gasteiger partial charge in [0.1, 0.15) is 5.75 Å². The standard InChI is InChI=1S/C22H29N3O6S2/c1-16-5-6-17(2)21(15-16)33(29,30)25-13-11-24(12-14-25)22(26)18(3)23-32(27,28)20-9-7-19(31-4)8-10-20/h5-10,15,18,23H,11-14H2,1-4H3/t18-/m0/s1. The summed E-state index contributed by atoms with van der Waals surface area (Å²) < 4.78 is 60.2. The highest BCUT2D eigenvalue weighted by Crippen LogP contribution is 2.23. The van der Waals surface area contributed by atoms with Gasteiger partial charge in [0.25, 0.3) is 0 Å². The molecule has 0 radical (unpaired) electrons. The van der Waals surface area contributed by atoms with Gasteiger partial charge in [0, 0.05) is 26.2 Å². The zero-order chi connectivity index (χ0) is 24.4. The van der Waals surface area contributed by atoms with Gasteiger partial charge in [0.2, 0.25) is 26.0 Å². The zero-order valence-electron chi connectivity index (χ0n) is 19.1. The summed E-state index contributed by atoms with van der Waals surface area (Å²) in [4.78, 5) is 14.6. The molecule has 3 rings (SSSR count). The number of carbonyl (C=O) groups is 1. The number of carbonyl (C=O) groups excluding carboxylic acids is 1. The molecular weight excluding hydrogens is 466 g/mol. The van der Waals surface area contributed by atoms with Crippen molar-refractivity contribution < 1.29 is 26.4 Å². The number of rotatable bonds is 7. The normalized spacial score (nSPS) is 16.4. The van der Waals surface area contributed by atoms with Crippen LogP contribution in [-0.4, -0.2) is 71.3 Å². The van der Waals surface area contributed by atoms with Crippen LogP contribution >= 0.6 is 0 Å². The van der Waals surface area contributed by atoms with E-state index in [1.807, 2.05) is 13.0 Å². The largest absolute Gasteiger partial charge is 0.497 e. The molecule has 0 bridgehead atoms. The van der Waals surface area contributed by atoms with Crippen LogP contribution in [-0.2, 0) is 24.8 Å². The van der Waals surface area contributed by atoms with Crippen molar-refractivity contribution in [3.63, 3.8) is 0 Å². The third-order valence-electron chi connectivity index (χ3n) is 5.58. The van der Waals surface area contributed by atoms with E-state index in [2.05, 4.69) is 4.72 Å². The molecule has 1 aliphatic rings. The number of piperazine rings is 1. The molecule has 180 valence electrons. The van der Waals surface area contributed by atoms with E-state index in [1.54, 1.807) is 19.1 Å². The number of amides is 1. The number of nitrogens with zero attached hydrogens (tertiary/aromatic N) is 2. The fourth-order valence-electron chi connectivity index (χ4n) is 3.65. The number of ether oxygens (including phenoxy) is 1. The van der Waals surface area contributed by atoms with Gasteiger partial charge in [-0.3, -0.25) is 4.79 Å². The molecule has 1 amide bonds. The van der Waals surface area contributed by atoms with E-state index >= 15 is 0 Å². The Morgan fingerprint density at radius 2 is 1.58 bits per heavy atom. The number of methoxy groups -OCH3 is 1. The summed E-state index contributed by atoms with van der Waals surface area (Å²) in [5.74, 6) is 0.114. The second kappa shape index (κ2) is 9.80. The average Bonchev–Trinajstić information content (AvgIpc) is 2.79. The fraction of sp³-hybridized carbons (Fsp3) is 0.409. The lowest BCUT2D eigenvalue weighted by Crippen LogP contribution is -2.55. The number of nitrogens with one attached hydrogen (secondary N) is 1. The molecule has 1 fully saturated rings. The molecule has 0 spiro atoms. The van der Waals surface area contributed by atoms with Crippen LogP contribution in [0.3, 0.4) is 0 Å². The van der Waals surface area contributed by atoms with Crippen LogP contribution in [0.5, 0.6) is 5.75 Å². The van der Waals surface area contributed by atoms with Gasteiger partial charge in [-0.2, -0.15) is 9.03 Å². The molecule has 9 nitrogen and oxygen atoms in total. The molecule has 1 atom stereocenters. The lowest BCUT2D eigenvalue weighted by Gasteiger charge is -2.35. The predicted octanol–water partition coefficient (Wildman–Crippen LogP) is 1.51. The van der Waals surface area contributed by atoms with Crippen molar-refractivity contribution in [2.24, 2.45) is 0 Å². The molecule has 1 saturated heterocycles. The van der Waals surface area contributed by atoms with Gasteiger partial charge in [-0.15, -0.1) is 0 Å². The van der Waals surface area contributed by atoms with E-state index in [0.29, 0.717) is 11.3 Å². The SMILES string of the molecule is COc1ccc(S(=O)(=O)N[C@@H](C)C(=O)N2CCN(S(=O)(=O)c3cc(C)ccc3C)CC2)cc1. The molecule has 0 aromatic heterocycles. The minimum absolute atomic E-state index is 0.0207. The van der Waals surface area contributed by atoms with Crippen LogP contribution < -0.4 is 9.46 Å². The van der Waals surface area contributed by atoms with Crippen molar-refractivity contribution in [2.45, 2.75) is 36.6 Å². The quantitative estimate of drug-likeness (QED) is 0.623. The summed E-state index contributed by atoms with van der Waals surface area (Å²) in [5.41, 5.74) is 1.52. The number of aryl methyl sites for hydroxylation is 2. The van der Waals surface area contributed by atoms with Crippen LogP contribution in [0.4, 0.5) is 0 Å². The first-order chi connectivity index (χ1) is 15.5. The molecule has 0 unspecified atom stereocenters. The van der Waals surface area contributed by atoms with Gasteiger partial charge < -0.3 is 9.64 Å². The van der Waals surface area contributed by atoms with Crippen molar-refractivity contribution in [1.29, 1.82) is 0 Å². The molecule has 33 heavy (non-hydrogen) atoms. The summed E-state index contributed by atoms with van der Waals surface area (Å²) in [6.45, 7) is 5.70. The second-order valence-corrected chi connectivity index (χ2v) is 11.6. The van der Waals surface area contributed by atoms with Crippen molar-refractivity contribution in [3.8, 4) is 5.75 Å². The Bertz CT molecular complexity index is 1220. The van der Waals surface area contributed by atoms with Crippen molar-refractivity contribution in [3.05, 3.63) is 53.6 Å². The smallest absolute Gasteiger partial charge is 0.243 e. The zero-order valence-corrected chi connectivity index (χ0v) is 20.7. The van der Waals surface area contributed by atoms with Gasteiger partial charge in [-0.25, -0.2) is 16.8 Å². The molecule has 1 aliphatic heterocycles. The lowest BCUT2D eigenvalue weighted by molar-refractivity contribution is -0.133. The van der Waals surface area contributed by atoms with E-state index in [-0.39, 0.29) is 36.0 Å². The van der Waals surface area contributed by atoms with Gasteiger partial charge in [-0.05, 0) is 62.2 Å². The monoisotopic (exact) mass is 495 g/mol. The van der Waals surface area contributed by atoms with Gasteiger partial charge in [0.15, 0.2) is 0 Å². The van der Waals surface area contributed by atoms with Crippen molar-refractivity contribution in [2.75, 3.05) is 33.3 Å². The Kier molecular flexibility index (Phi) is 7.47. The van der Waals surface area contributed by atoms with Crippen LogP contribution in [0.2, 0.25) is 0 Å². The van der Waals surface area contributed by atoms with E-state index < -0.39 is 32.0 Å². The first kappa shape index (κ1) is 25.2. The summed E-state index contributed by atoms with van der Waals surface area (Å²) in [7, 11) is -6.11. The molecule has 11 heteroatoms. The average molecular weight is 496 g/mol. The van der Waals surface area contributed by atoms with Crippen LogP contribution in [0, 0.1) is 13.8 Å². The Hall–Kier alpha value is -2.47. The summed E-state index contributed by atoms with van der Waals surface area (Å²) in [6.07, 6.45) is 0. The van der Waals surface area contributed by atoms with E-state index in [9.17, 15) is 21.6 Å². The Morgan fingerprint density at radius 1 is 0.970 bits per heavy atom. The maximum Gasteiger partial charge on any atom is 0.243 e. The third-order valence-corrected chi connectivity index (χ3v) is 9.18. The maximum atomic E-state index is 13.1. The Morgan fingerprint density at radius 3 is 2.15 bits per heavy atom. The number of hydrogen-bond donors (Lipinski definition) is 1. The van der Waals surface area contributed by atoms with Crippen LogP contribution in [0.1, 0.15) is 18.1 Å². The van der Waals surface area contributed by atoms with Crippen molar-refractivity contribution in [1.82, 2.24) is 13.9 Å². The highest BCUT2D eigenvalue weighted by atomic mass is 32.2. The van der Waals surface area contributed by atoms with Crippen LogP contribution in [0.15, 0.2) is 52.3 Å². The van der Waals surface area contributed by atoms with E-state index in [4.69, 9.17) is 4.74 Å². The Balaban J connectivity index is 1.64.